The first-order chi connectivity index (χ1) is 9.24. The number of aromatic amines is 1. The zero-order chi connectivity index (χ0) is 13.2. The summed E-state index contributed by atoms with van der Waals surface area (Å²) < 4.78 is 0. The van der Waals surface area contributed by atoms with Crippen LogP contribution in [-0.4, -0.2) is 21.3 Å². The number of nitrogens with one attached hydrogen (secondary N) is 2. The first-order valence-electron chi connectivity index (χ1n) is 6.29. The van der Waals surface area contributed by atoms with Gasteiger partial charge >= 0.3 is 0 Å². The SMILES string of the molecule is Nc1ccc2c(c1)CCCC2NC(=O)c1cn[nH]n1. The van der Waals surface area contributed by atoms with Crippen molar-refractivity contribution in [2.75, 3.05) is 5.73 Å². The second kappa shape index (κ2) is 4.72. The van der Waals surface area contributed by atoms with Gasteiger partial charge in [-0.2, -0.15) is 15.4 Å². The molecule has 19 heavy (non-hydrogen) atoms. The minimum Gasteiger partial charge on any atom is -0.399 e. The molecule has 3 rings (SSSR count). The molecular formula is C13H15N5O. The van der Waals surface area contributed by atoms with Crippen LogP contribution in [0.15, 0.2) is 24.4 Å². The van der Waals surface area contributed by atoms with Gasteiger partial charge in [-0.25, -0.2) is 0 Å². The number of amides is 1. The lowest BCUT2D eigenvalue weighted by atomic mass is 9.87. The van der Waals surface area contributed by atoms with Crippen LogP contribution in [0.2, 0.25) is 0 Å². The number of rotatable bonds is 2. The van der Waals surface area contributed by atoms with Gasteiger partial charge in [0.05, 0.1) is 12.2 Å². The molecule has 6 heteroatoms. The third-order valence-electron chi connectivity index (χ3n) is 3.43. The van der Waals surface area contributed by atoms with Crippen molar-refractivity contribution < 1.29 is 4.79 Å². The Kier molecular flexibility index (Phi) is 2.91. The molecule has 1 aliphatic carbocycles. The fourth-order valence-corrected chi connectivity index (χ4v) is 2.53. The lowest BCUT2D eigenvalue weighted by Crippen LogP contribution is -2.31. The summed E-state index contributed by atoms with van der Waals surface area (Å²) in [6.45, 7) is 0. The number of nitrogens with zero attached hydrogens (tertiary/aromatic N) is 2. The highest BCUT2D eigenvalue weighted by Crippen LogP contribution is 2.31. The van der Waals surface area contributed by atoms with E-state index in [-0.39, 0.29) is 11.9 Å². The smallest absolute Gasteiger partial charge is 0.273 e. The van der Waals surface area contributed by atoms with Crippen molar-refractivity contribution in [3.8, 4) is 0 Å². The van der Waals surface area contributed by atoms with Crippen LogP contribution < -0.4 is 11.1 Å². The summed E-state index contributed by atoms with van der Waals surface area (Å²) in [4.78, 5) is 12.0. The quantitative estimate of drug-likeness (QED) is 0.704. The van der Waals surface area contributed by atoms with Gasteiger partial charge in [0.2, 0.25) is 0 Å². The molecule has 98 valence electrons. The fraction of sp³-hybridized carbons (Fsp3) is 0.308. The highest BCUT2D eigenvalue weighted by molar-refractivity contribution is 5.92. The van der Waals surface area contributed by atoms with Crippen molar-refractivity contribution >= 4 is 11.6 Å². The molecule has 2 aromatic rings. The van der Waals surface area contributed by atoms with Crippen molar-refractivity contribution in [2.45, 2.75) is 25.3 Å². The Labute approximate surface area is 110 Å². The minimum atomic E-state index is -0.205. The van der Waals surface area contributed by atoms with Gasteiger partial charge in [0.15, 0.2) is 5.69 Å². The Morgan fingerprint density at radius 3 is 3.16 bits per heavy atom. The first kappa shape index (κ1) is 11.7. The molecule has 1 aromatic carbocycles. The molecule has 0 saturated carbocycles. The van der Waals surface area contributed by atoms with E-state index in [0.717, 1.165) is 30.5 Å². The van der Waals surface area contributed by atoms with E-state index in [9.17, 15) is 4.79 Å². The van der Waals surface area contributed by atoms with Crippen molar-refractivity contribution in [2.24, 2.45) is 0 Å². The maximum atomic E-state index is 12.0. The second-order valence-corrected chi connectivity index (χ2v) is 4.73. The summed E-state index contributed by atoms with van der Waals surface area (Å²) in [5.41, 5.74) is 9.24. The van der Waals surface area contributed by atoms with Gasteiger partial charge in [0, 0.05) is 5.69 Å². The van der Waals surface area contributed by atoms with Gasteiger partial charge in [-0.05, 0) is 42.5 Å². The molecule has 4 N–H and O–H groups in total. The number of carbonyl (C=O) groups is 1. The number of nitrogen functional groups attached to an aromatic ring is 1. The third-order valence-corrected chi connectivity index (χ3v) is 3.43. The van der Waals surface area contributed by atoms with Crippen molar-refractivity contribution in [1.29, 1.82) is 0 Å². The molecule has 1 aromatic heterocycles. The van der Waals surface area contributed by atoms with Crippen LogP contribution in [0.1, 0.15) is 40.5 Å². The maximum absolute atomic E-state index is 12.0. The van der Waals surface area contributed by atoms with Gasteiger partial charge in [0.1, 0.15) is 0 Å². The number of benzene rings is 1. The monoisotopic (exact) mass is 257 g/mol. The van der Waals surface area contributed by atoms with Crippen LogP contribution in [-0.2, 0) is 6.42 Å². The van der Waals surface area contributed by atoms with E-state index < -0.39 is 0 Å². The molecule has 0 spiro atoms. The number of H-pyrrole nitrogens is 1. The van der Waals surface area contributed by atoms with Gasteiger partial charge in [-0.1, -0.05) is 6.07 Å². The highest BCUT2D eigenvalue weighted by Gasteiger charge is 2.23. The van der Waals surface area contributed by atoms with Crippen LogP contribution >= 0.6 is 0 Å². The number of carbonyl (C=O) groups excluding carboxylic acids is 1. The van der Waals surface area contributed by atoms with E-state index in [0.29, 0.717) is 5.69 Å². The van der Waals surface area contributed by atoms with Crippen LogP contribution in [0.4, 0.5) is 5.69 Å². The largest absolute Gasteiger partial charge is 0.399 e. The molecule has 0 saturated heterocycles. The summed E-state index contributed by atoms with van der Waals surface area (Å²) in [5.74, 6) is -0.205. The Bertz CT molecular complexity index is 593. The zero-order valence-corrected chi connectivity index (χ0v) is 10.4. The Morgan fingerprint density at radius 1 is 1.47 bits per heavy atom. The van der Waals surface area contributed by atoms with Crippen LogP contribution in [0.25, 0.3) is 0 Å². The standard InChI is InChI=1S/C13H15N5O/c14-9-4-5-10-8(6-9)2-1-3-11(10)16-13(19)12-7-15-18-17-12/h4-7,11H,1-3,14H2,(H,16,19)(H,15,17,18). The molecular weight excluding hydrogens is 242 g/mol. The molecule has 1 heterocycles. The number of fused-ring (bicyclic) bond motifs is 1. The molecule has 0 radical (unpaired) electrons. The van der Waals surface area contributed by atoms with E-state index >= 15 is 0 Å². The van der Waals surface area contributed by atoms with E-state index in [1.54, 1.807) is 0 Å². The Morgan fingerprint density at radius 2 is 2.37 bits per heavy atom. The topological polar surface area (TPSA) is 96.7 Å². The number of hydrogen-bond acceptors (Lipinski definition) is 4. The highest BCUT2D eigenvalue weighted by atomic mass is 16.2. The average molecular weight is 257 g/mol. The van der Waals surface area contributed by atoms with Gasteiger partial charge in [0.25, 0.3) is 5.91 Å². The Hall–Kier alpha value is -2.37. The number of aryl methyl sites for hydroxylation is 1. The number of aromatic nitrogens is 3. The minimum absolute atomic E-state index is 0.0218. The molecule has 1 amide bonds. The van der Waals surface area contributed by atoms with Gasteiger partial charge in [-0.15, -0.1) is 0 Å². The van der Waals surface area contributed by atoms with Crippen molar-refractivity contribution in [1.82, 2.24) is 20.7 Å². The van der Waals surface area contributed by atoms with E-state index in [1.807, 2.05) is 18.2 Å². The third kappa shape index (κ3) is 2.29. The lowest BCUT2D eigenvalue weighted by Gasteiger charge is -2.26. The summed E-state index contributed by atoms with van der Waals surface area (Å²) in [6.07, 6.45) is 4.40. The van der Waals surface area contributed by atoms with Crippen LogP contribution in [0.3, 0.4) is 0 Å². The Balaban J connectivity index is 1.82. The number of hydrogen-bond donors (Lipinski definition) is 3. The van der Waals surface area contributed by atoms with E-state index in [2.05, 4.69) is 20.7 Å². The predicted molar refractivity (Wildman–Crippen MR) is 70.4 cm³/mol. The molecule has 1 atom stereocenters. The maximum Gasteiger partial charge on any atom is 0.273 e. The molecule has 0 aliphatic heterocycles. The molecule has 0 bridgehead atoms. The van der Waals surface area contributed by atoms with E-state index in [1.165, 1.54) is 11.8 Å². The van der Waals surface area contributed by atoms with Crippen molar-refractivity contribution in [3.05, 3.63) is 41.2 Å². The summed E-state index contributed by atoms with van der Waals surface area (Å²) in [6, 6.07) is 5.88. The summed E-state index contributed by atoms with van der Waals surface area (Å²) >= 11 is 0. The summed E-state index contributed by atoms with van der Waals surface area (Å²) in [5, 5.41) is 12.9. The van der Waals surface area contributed by atoms with Gasteiger partial charge in [-0.3, -0.25) is 4.79 Å². The average Bonchev–Trinajstić information content (AvgIpc) is 2.92. The molecule has 1 aliphatic rings. The predicted octanol–water partition coefficient (Wildman–Crippen LogP) is 1.19. The first-order valence-corrected chi connectivity index (χ1v) is 6.29. The fourth-order valence-electron chi connectivity index (χ4n) is 2.53. The molecule has 0 fully saturated rings. The number of nitrogens with two attached hydrogens (primary N) is 1. The number of anilines is 1. The van der Waals surface area contributed by atoms with Gasteiger partial charge < -0.3 is 11.1 Å². The lowest BCUT2D eigenvalue weighted by molar-refractivity contribution is 0.0927. The summed E-state index contributed by atoms with van der Waals surface area (Å²) in [7, 11) is 0. The van der Waals surface area contributed by atoms with Crippen LogP contribution in [0, 0.1) is 0 Å². The van der Waals surface area contributed by atoms with E-state index in [4.69, 9.17) is 5.73 Å². The second-order valence-electron chi connectivity index (χ2n) is 4.73. The normalized spacial score (nSPS) is 17.8. The zero-order valence-electron chi connectivity index (χ0n) is 10.4. The van der Waals surface area contributed by atoms with Crippen LogP contribution in [0.5, 0.6) is 0 Å². The molecule has 1 unspecified atom stereocenters. The molecule has 6 nitrogen and oxygen atoms in total. The van der Waals surface area contributed by atoms with Crippen molar-refractivity contribution in [3.63, 3.8) is 0 Å².